The lowest BCUT2D eigenvalue weighted by Crippen LogP contribution is -2.42. The highest BCUT2D eigenvalue weighted by molar-refractivity contribution is 5.80. The van der Waals surface area contributed by atoms with E-state index in [1.54, 1.807) is 7.05 Å². The number of likely N-dealkylation sites (tertiary alicyclic amines) is 1. The zero-order chi connectivity index (χ0) is 17.8. The maximum absolute atomic E-state index is 12.6. The van der Waals surface area contributed by atoms with Crippen molar-refractivity contribution in [3.8, 4) is 0 Å². The molecule has 1 fully saturated rings. The van der Waals surface area contributed by atoms with Crippen molar-refractivity contribution in [2.45, 2.75) is 26.4 Å². The van der Waals surface area contributed by atoms with Crippen LogP contribution in [0.3, 0.4) is 0 Å². The van der Waals surface area contributed by atoms with Gasteiger partial charge >= 0.3 is 6.18 Å². The highest BCUT2D eigenvalue weighted by atomic mass is 19.4. The van der Waals surface area contributed by atoms with Crippen LogP contribution in [0, 0.1) is 5.41 Å². The van der Waals surface area contributed by atoms with Crippen molar-refractivity contribution in [3.05, 3.63) is 18.0 Å². The minimum Gasteiger partial charge on any atom is -0.354 e. The van der Waals surface area contributed by atoms with Gasteiger partial charge in [0.2, 0.25) is 5.95 Å². The third kappa shape index (κ3) is 4.97. The number of anilines is 1. The van der Waals surface area contributed by atoms with Crippen LogP contribution in [0.1, 0.15) is 26.0 Å². The summed E-state index contributed by atoms with van der Waals surface area (Å²) in [5.74, 6) is 0.760. The predicted octanol–water partition coefficient (Wildman–Crippen LogP) is 2.21. The van der Waals surface area contributed by atoms with Crippen LogP contribution in [-0.2, 0) is 6.18 Å². The standard InChI is InChI=1S/C15H23F3N6/c1-14(2)5-9-24(10-14)13(19-3)22-8-7-21-12-20-6-4-11(23-12)15(16,17)18/h4,6H,5,7-10H2,1-3H3,(H,19,22)(H,20,21,23). The first kappa shape index (κ1) is 18.3. The highest BCUT2D eigenvalue weighted by Crippen LogP contribution is 2.28. The molecule has 0 spiro atoms. The quantitative estimate of drug-likeness (QED) is 0.498. The molecule has 0 radical (unpaired) electrons. The van der Waals surface area contributed by atoms with Crippen LogP contribution < -0.4 is 10.6 Å². The Balaban J connectivity index is 1.80. The van der Waals surface area contributed by atoms with Gasteiger partial charge in [0.15, 0.2) is 5.96 Å². The van der Waals surface area contributed by atoms with Gasteiger partial charge in [0.1, 0.15) is 5.69 Å². The number of hydrogen-bond acceptors (Lipinski definition) is 4. The fourth-order valence-corrected chi connectivity index (χ4v) is 2.58. The maximum Gasteiger partial charge on any atom is 0.433 e. The van der Waals surface area contributed by atoms with Crippen molar-refractivity contribution in [1.82, 2.24) is 20.2 Å². The van der Waals surface area contributed by atoms with Crippen LogP contribution >= 0.6 is 0 Å². The van der Waals surface area contributed by atoms with Crippen LogP contribution in [0.15, 0.2) is 17.3 Å². The minimum absolute atomic E-state index is 0.0380. The van der Waals surface area contributed by atoms with E-state index in [4.69, 9.17) is 0 Å². The van der Waals surface area contributed by atoms with E-state index in [1.165, 1.54) is 0 Å². The first-order chi connectivity index (χ1) is 11.2. The van der Waals surface area contributed by atoms with E-state index < -0.39 is 11.9 Å². The first-order valence-corrected chi connectivity index (χ1v) is 7.81. The van der Waals surface area contributed by atoms with Gasteiger partial charge < -0.3 is 15.5 Å². The molecule has 1 aliphatic rings. The normalized spacial score (nSPS) is 17.9. The van der Waals surface area contributed by atoms with E-state index in [0.29, 0.717) is 13.1 Å². The maximum atomic E-state index is 12.6. The number of nitrogens with zero attached hydrogens (tertiary/aromatic N) is 4. The Labute approximate surface area is 139 Å². The number of alkyl halides is 3. The van der Waals surface area contributed by atoms with Gasteiger partial charge in [-0.25, -0.2) is 9.97 Å². The predicted molar refractivity (Wildman–Crippen MR) is 86.9 cm³/mol. The van der Waals surface area contributed by atoms with E-state index in [0.717, 1.165) is 37.7 Å². The van der Waals surface area contributed by atoms with E-state index in [9.17, 15) is 13.2 Å². The number of hydrogen-bond donors (Lipinski definition) is 2. The first-order valence-electron chi connectivity index (χ1n) is 7.81. The van der Waals surface area contributed by atoms with E-state index in [-0.39, 0.29) is 11.4 Å². The van der Waals surface area contributed by atoms with Crippen molar-refractivity contribution < 1.29 is 13.2 Å². The molecule has 0 bridgehead atoms. The average Bonchev–Trinajstić information content (AvgIpc) is 2.87. The van der Waals surface area contributed by atoms with Gasteiger partial charge in [-0.05, 0) is 17.9 Å². The van der Waals surface area contributed by atoms with Gasteiger partial charge in [0.25, 0.3) is 0 Å². The number of guanidine groups is 1. The summed E-state index contributed by atoms with van der Waals surface area (Å²) < 4.78 is 37.8. The zero-order valence-electron chi connectivity index (χ0n) is 14.1. The molecule has 0 unspecified atom stereocenters. The number of aromatic nitrogens is 2. The van der Waals surface area contributed by atoms with Crippen molar-refractivity contribution >= 4 is 11.9 Å². The topological polar surface area (TPSA) is 65.4 Å². The van der Waals surface area contributed by atoms with Crippen molar-refractivity contribution in [3.63, 3.8) is 0 Å². The second-order valence-corrected chi connectivity index (χ2v) is 6.50. The van der Waals surface area contributed by atoms with Crippen LogP contribution in [-0.4, -0.2) is 54.1 Å². The molecule has 2 heterocycles. The second kappa shape index (κ2) is 7.23. The molecule has 1 aromatic heterocycles. The van der Waals surface area contributed by atoms with Crippen LogP contribution in [0.4, 0.5) is 19.1 Å². The van der Waals surface area contributed by atoms with Gasteiger partial charge in [0.05, 0.1) is 0 Å². The average molecular weight is 344 g/mol. The summed E-state index contributed by atoms with van der Waals surface area (Å²) in [6, 6.07) is 0.848. The molecular formula is C15H23F3N6. The van der Waals surface area contributed by atoms with Crippen molar-refractivity contribution in [2.75, 3.05) is 38.5 Å². The molecule has 0 aromatic carbocycles. The summed E-state index contributed by atoms with van der Waals surface area (Å²) in [4.78, 5) is 13.7. The van der Waals surface area contributed by atoms with E-state index in [2.05, 4.69) is 44.3 Å². The number of nitrogens with one attached hydrogen (secondary N) is 2. The molecule has 0 amide bonds. The molecule has 0 atom stereocenters. The summed E-state index contributed by atoms with van der Waals surface area (Å²) in [6.07, 6.45) is -2.27. The smallest absolute Gasteiger partial charge is 0.354 e. The Kier molecular flexibility index (Phi) is 5.51. The third-order valence-corrected chi connectivity index (χ3v) is 3.83. The molecular weight excluding hydrogens is 321 g/mol. The van der Waals surface area contributed by atoms with Crippen LogP contribution in [0.25, 0.3) is 0 Å². The lowest BCUT2D eigenvalue weighted by Gasteiger charge is -2.23. The molecule has 0 aliphatic carbocycles. The van der Waals surface area contributed by atoms with E-state index >= 15 is 0 Å². The molecule has 6 nitrogen and oxygen atoms in total. The summed E-state index contributed by atoms with van der Waals surface area (Å²) in [7, 11) is 1.72. The summed E-state index contributed by atoms with van der Waals surface area (Å²) >= 11 is 0. The summed E-state index contributed by atoms with van der Waals surface area (Å²) in [5, 5.41) is 5.99. The largest absolute Gasteiger partial charge is 0.433 e. The molecule has 1 aliphatic heterocycles. The van der Waals surface area contributed by atoms with Gasteiger partial charge in [-0.3, -0.25) is 4.99 Å². The fraction of sp³-hybridized carbons (Fsp3) is 0.667. The van der Waals surface area contributed by atoms with Gasteiger partial charge in [-0.2, -0.15) is 13.2 Å². The molecule has 1 aromatic rings. The lowest BCUT2D eigenvalue weighted by atomic mass is 9.93. The Morgan fingerprint density at radius 1 is 1.38 bits per heavy atom. The van der Waals surface area contributed by atoms with Gasteiger partial charge in [0, 0.05) is 39.4 Å². The Morgan fingerprint density at radius 3 is 2.71 bits per heavy atom. The lowest BCUT2D eigenvalue weighted by molar-refractivity contribution is -0.141. The molecule has 0 saturated carbocycles. The van der Waals surface area contributed by atoms with Crippen molar-refractivity contribution in [2.24, 2.45) is 10.4 Å². The minimum atomic E-state index is -4.47. The summed E-state index contributed by atoms with van der Waals surface area (Å²) in [6.45, 7) is 7.19. The molecule has 134 valence electrons. The third-order valence-electron chi connectivity index (χ3n) is 3.83. The number of rotatable bonds is 4. The molecule has 9 heteroatoms. The molecule has 2 N–H and O–H groups in total. The molecule has 2 rings (SSSR count). The molecule has 1 saturated heterocycles. The monoisotopic (exact) mass is 344 g/mol. The fourth-order valence-electron chi connectivity index (χ4n) is 2.58. The van der Waals surface area contributed by atoms with E-state index in [1.807, 2.05) is 0 Å². The van der Waals surface area contributed by atoms with Gasteiger partial charge in [-0.1, -0.05) is 13.8 Å². The Hall–Kier alpha value is -2.06. The zero-order valence-corrected chi connectivity index (χ0v) is 14.1. The van der Waals surface area contributed by atoms with Crippen LogP contribution in [0.2, 0.25) is 0 Å². The summed E-state index contributed by atoms with van der Waals surface area (Å²) in [5.41, 5.74) is -0.690. The molecule has 24 heavy (non-hydrogen) atoms. The van der Waals surface area contributed by atoms with Gasteiger partial charge in [-0.15, -0.1) is 0 Å². The van der Waals surface area contributed by atoms with Crippen LogP contribution in [0.5, 0.6) is 0 Å². The second-order valence-electron chi connectivity index (χ2n) is 6.50. The highest BCUT2D eigenvalue weighted by Gasteiger charge is 2.33. The SMILES string of the molecule is CN=C(NCCNc1nccc(C(F)(F)F)n1)N1CCC(C)(C)C1. The number of halogens is 3. The van der Waals surface area contributed by atoms with Crippen molar-refractivity contribution in [1.29, 1.82) is 0 Å². The Bertz CT molecular complexity index is 585. The Morgan fingerprint density at radius 2 is 2.12 bits per heavy atom. The number of aliphatic imine (C=N–C) groups is 1.